The molecule has 1 aliphatic heterocycles. The number of hydrogen-bond donors (Lipinski definition) is 0. The number of nitrogens with zero attached hydrogens (tertiary/aromatic N) is 2. The largest absolute Gasteiger partial charge is 0.433 e. The Bertz CT molecular complexity index is 568. The fourth-order valence-electron chi connectivity index (χ4n) is 3.29. The maximum Gasteiger partial charge on any atom is 0.433 e. The van der Waals surface area contributed by atoms with Crippen LogP contribution in [0.2, 0.25) is 0 Å². The molecule has 0 saturated carbocycles. The summed E-state index contributed by atoms with van der Waals surface area (Å²) in [6.45, 7) is 3.94. The molecule has 0 N–H and O–H groups in total. The number of amidine groups is 1. The number of allylic oxidation sites excluding steroid dienone is 5. The Hall–Kier alpha value is -1.52. The number of likely N-dealkylation sites (N-methyl/N-ethyl adjacent to an activating group) is 1. The molecule has 134 valence electrons. The number of aliphatic imine (C=N–C) groups is 1. The van der Waals surface area contributed by atoms with Crippen molar-refractivity contribution in [3.63, 3.8) is 0 Å². The molecular formula is C19H27F3N2. The molecule has 24 heavy (non-hydrogen) atoms. The summed E-state index contributed by atoms with van der Waals surface area (Å²) < 4.78 is 39.0. The Labute approximate surface area is 142 Å². The number of alkyl halides is 3. The lowest BCUT2D eigenvalue weighted by molar-refractivity contribution is -0.0933. The zero-order valence-electron chi connectivity index (χ0n) is 14.8. The maximum absolute atomic E-state index is 13.0. The van der Waals surface area contributed by atoms with Gasteiger partial charge in [0.25, 0.3) is 0 Å². The van der Waals surface area contributed by atoms with E-state index in [1.54, 1.807) is 6.92 Å². The number of hydrogen-bond acceptors (Lipinski definition) is 2. The van der Waals surface area contributed by atoms with Gasteiger partial charge in [0.2, 0.25) is 0 Å². The monoisotopic (exact) mass is 340 g/mol. The average molecular weight is 340 g/mol. The minimum Gasteiger partial charge on any atom is -0.357 e. The smallest absolute Gasteiger partial charge is 0.357 e. The Morgan fingerprint density at radius 1 is 1.21 bits per heavy atom. The van der Waals surface area contributed by atoms with Gasteiger partial charge in [0, 0.05) is 19.5 Å². The van der Waals surface area contributed by atoms with E-state index in [1.807, 2.05) is 11.9 Å². The molecule has 0 saturated heterocycles. The predicted octanol–water partition coefficient (Wildman–Crippen LogP) is 5.78. The molecular weight excluding hydrogens is 313 g/mol. The van der Waals surface area contributed by atoms with Gasteiger partial charge >= 0.3 is 6.18 Å². The molecule has 0 radical (unpaired) electrons. The van der Waals surface area contributed by atoms with Crippen molar-refractivity contribution in [2.24, 2.45) is 4.99 Å². The molecule has 0 bridgehead atoms. The van der Waals surface area contributed by atoms with E-state index in [0.29, 0.717) is 12.3 Å². The van der Waals surface area contributed by atoms with Crippen molar-refractivity contribution in [2.75, 3.05) is 7.05 Å². The van der Waals surface area contributed by atoms with Gasteiger partial charge in [0.05, 0.1) is 0 Å². The fraction of sp³-hybridized carbons (Fsp3) is 0.632. The van der Waals surface area contributed by atoms with Crippen molar-refractivity contribution in [1.82, 2.24) is 4.90 Å². The lowest BCUT2D eigenvalue weighted by Gasteiger charge is -2.31. The van der Waals surface area contributed by atoms with Crippen LogP contribution >= 0.6 is 0 Å². The van der Waals surface area contributed by atoms with Gasteiger partial charge in [0.15, 0.2) is 0 Å². The molecule has 2 rings (SSSR count). The van der Waals surface area contributed by atoms with Gasteiger partial charge in [-0.1, -0.05) is 30.2 Å². The first kappa shape index (κ1) is 18.8. The summed E-state index contributed by atoms with van der Waals surface area (Å²) in [5, 5.41) is 0. The molecule has 0 spiro atoms. The summed E-state index contributed by atoms with van der Waals surface area (Å²) in [4.78, 5) is 5.75. The Morgan fingerprint density at radius 2 is 1.96 bits per heavy atom. The first-order valence-electron chi connectivity index (χ1n) is 8.77. The second-order valence-corrected chi connectivity index (χ2v) is 6.56. The minimum atomic E-state index is -4.38. The van der Waals surface area contributed by atoms with Gasteiger partial charge in [-0.2, -0.15) is 13.2 Å². The van der Waals surface area contributed by atoms with Crippen LogP contribution in [0.3, 0.4) is 0 Å². The first-order valence-corrected chi connectivity index (χ1v) is 8.77. The SMILES string of the molecule is CCC1=C(CCC2=NC(C(F)(F)F)=CC(C)N2C)CC=CCCC1. The summed E-state index contributed by atoms with van der Waals surface area (Å²) in [6, 6.07) is -0.286. The molecule has 1 atom stereocenters. The highest BCUT2D eigenvalue weighted by Crippen LogP contribution is 2.32. The summed E-state index contributed by atoms with van der Waals surface area (Å²) in [5.74, 6) is 0.534. The van der Waals surface area contributed by atoms with Crippen molar-refractivity contribution < 1.29 is 13.2 Å². The summed E-state index contributed by atoms with van der Waals surface area (Å²) in [5.41, 5.74) is 2.09. The Kier molecular flexibility index (Phi) is 6.30. The van der Waals surface area contributed by atoms with Gasteiger partial charge in [-0.15, -0.1) is 0 Å². The molecule has 1 aliphatic carbocycles. The van der Waals surface area contributed by atoms with E-state index in [9.17, 15) is 13.2 Å². The van der Waals surface area contributed by atoms with Gasteiger partial charge < -0.3 is 4.90 Å². The van der Waals surface area contributed by atoms with Gasteiger partial charge in [-0.3, -0.25) is 0 Å². The van der Waals surface area contributed by atoms with Gasteiger partial charge in [-0.25, -0.2) is 4.99 Å². The zero-order valence-corrected chi connectivity index (χ0v) is 14.8. The third-order valence-electron chi connectivity index (χ3n) is 4.91. The third-order valence-corrected chi connectivity index (χ3v) is 4.91. The molecule has 0 amide bonds. The standard InChI is InChI=1S/C19H27F3N2/c1-4-15-9-7-5-6-8-10-16(15)11-12-18-23-17(19(20,21)22)13-14(2)24(18)3/h6,8,13-14H,4-5,7,9-12H2,1-3H3. The van der Waals surface area contributed by atoms with E-state index < -0.39 is 11.9 Å². The molecule has 2 aliphatic rings. The first-order chi connectivity index (χ1) is 11.3. The third kappa shape index (κ3) is 4.74. The Balaban J connectivity index is 2.15. The predicted molar refractivity (Wildman–Crippen MR) is 93.0 cm³/mol. The highest BCUT2D eigenvalue weighted by molar-refractivity contribution is 5.84. The summed E-state index contributed by atoms with van der Waals surface area (Å²) in [7, 11) is 1.82. The van der Waals surface area contributed by atoms with Crippen LogP contribution in [-0.2, 0) is 0 Å². The van der Waals surface area contributed by atoms with Crippen LogP contribution in [-0.4, -0.2) is 30.0 Å². The number of rotatable bonds is 4. The van der Waals surface area contributed by atoms with E-state index in [-0.39, 0.29) is 6.04 Å². The lowest BCUT2D eigenvalue weighted by Crippen LogP contribution is -2.38. The minimum absolute atomic E-state index is 0.286. The second-order valence-electron chi connectivity index (χ2n) is 6.56. The van der Waals surface area contributed by atoms with E-state index >= 15 is 0 Å². The van der Waals surface area contributed by atoms with Crippen LogP contribution in [0.15, 0.2) is 40.1 Å². The van der Waals surface area contributed by atoms with Crippen LogP contribution < -0.4 is 0 Å². The quantitative estimate of drug-likeness (QED) is 0.592. The fourth-order valence-corrected chi connectivity index (χ4v) is 3.29. The molecule has 0 aromatic carbocycles. The zero-order chi connectivity index (χ0) is 17.7. The van der Waals surface area contributed by atoms with Crippen molar-refractivity contribution in [1.29, 1.82) is 0 Å². The van der Waals surface area contributed by atoms with Crippen LogP contribution in [0.25, 0.3) is 0 Å². The van der Waals surface area contributed by atoms with Crippen molar-refractivity contribution >= 4 is 5.84 Å². The maximum atomic E-state index is 13.0. The van der Waals surface area contributed by atoms with E-state index in [1.165, 1.54) is 17.2 Å². The lowest BCUT2D eigenvalue weighted by atomic mass is 9.92. The van der Waals surface area contributed by atoms with Crippen molar-refractivity contribution in [2.45, 2.75) is 71.0 Å². The van der Waals surface area contributed by atoms with Crippen LogP contribution in [0.4, 0.5) is 13.2 Å². The molecule has 0 aromatic heterocycles. The highest BCUT2D eigenvalue weighted by Gasteiger charge is 2.37. The van der Waals surface area contributed by atoms with E-state index in [4.69, 9.17) is 0 Å². The molecule has 1 heterocycles. The molecule has 2 nitrogen and oxygen atoms in total. The average Bonchev–Trinajstić information content (AvgIpc) is 2.49. The molecule has 5 heteroatoms. The molecule has 0 aromatic rings. The van der Waals surface area contributed by atoms with Crippen molar-refractivity contribution in [3.05, 3.63) is 35.1 Å². The topological polar surface area (TPSA) is 15.6 Å². The van der Waals surface area contributed by atoms with Gasteiger partial charge in [0.1, 0.15) is 11.5 Å². The summed E-state index contributed by atoms with van der Waals surface area (Å²) >= 11 is 0. The Morgan fingerprint density at radius 3 is 2.62 bits per heavy atom. The van der Waals surface area contributed by atoms with Crippen LogP contribution in [0.5, 0.6) is 0 Å². The van der Waals surface area contributed by atoms with Gasteiger partial charge in [-0.05, 0) is 51.5 Å². The highest BCUT2D eigenvalue weighted by atomic mass is 19.4. The van der Waals surface area contributed by atoms with E-state index in [0.717, 1.165) is 38.5 Å². The van der Waals surface area contributed by atoms with Crippen LogP contribution in [0, 0.1) is 0 Å². The molecule has 1 unspecified atom stereocenters. The van der Waals surface area contributed by atoms with Crippen LogP contribution in [0.1, 0.15) is 58.8 Å². The van der Waals surface area contributed by atoms with E-state index in [2.05, 4.69) is 24.1 Å². The summed E-state index contributed by atoms with van der Waals surface area (Å²) in [6.07, 6.45) is 7.87. The molecule has 0 fully saturated rings. The number of halogens is 3. The normalized spacial score (nSPS) is 22.9. The second kappa shape index (κ2) is 8.04. The van der Waals surface area contributed by atoms with Crippen molar-refractivity contribution in [3.8, 4) is 0 Å².